The van der Waals surface area contributed by atoms with Crippen molar-refractivity contribution in [3.8, 4) is 5.75 Å². The molecule has 1 saturated carbocycles. The van der Waals surface area contributed by atoms with Crippen molar-refractivity contribution in [2.24, 2.45) is 5.41 Å². The molecule has 0 unspecified atom stereocenters. The van der Waals surface area contributed by atoms with Crippen LogP contribution in [0.3, 0.4) is 0 Å². The van der Waals surface area contributed by atoms with Crippen LogP contribution in [0.15, 0.2) is 30.5 Å². The zero-order chi connectivity index (χ0) is 14.9. The first kappa shape index (κ1) is 13.7. The number of pyridine rings is 1. The van der Waals surface area contributed by atoms with E-state index in [1.807, 2.05) is 24.3 Å². The van der Waals surface area contributed by atoms with Crippen molar-refractivity contribution in [1.29, 1.82) is 0 Å². The van der Waals surface area contributed by atoms with Gasteiger partial charge in [-0.2, -0.15) is 0 Å². The monoisotopic (exact) mass is 286 g/mol. The molecule has 2 N–H and O–H groups in total. The van der Waals surface area contributed by atoms with Crippen molar-refractivity contribution in [1.82, 2.24) is 4.98 Å². The molecule has 0 aliphatic heterocycles. The number of hydrogen-bond donors (Lipinski definition) is 2. The molecule has 0 saturated heterocycles. The van der Waals surface area contributed by atoms with Crippen LogP contribution in [0.2, 0.25) is 0 Å². The van der Waals surface area contributed by atoms with Gasteiger partial charge < -0.3 is 15.2 Å². The molecule has 1 aliphatic rings. The summed E-state index contributed by atoms with van der Waals surface area (Å²) in [6, 6.07) is 7.66. The molecule has 5 nitrogen and oxygen atoms in total. The SMILES string of the molecule is COc1cccc2c(NCC3(C(=O)O)CCC3)nccc12. The average Bonchev–Trinajstić information content (AvgIpc) is 2.45. The zero-order valence-electron chi connectivity index (χ0n) is 11.9. The average molecular weight is 286 g/mol. The Kier molecular flexibility index (Phi) is 3.41. The quantitative estimate of drug-likeness (QED) is 0.884. The molecule has 1 aromatic heterocycles. The molecule has 1 aromatic carbocycles. The number of carboxylic acids is 1. The number of benzene rings is 1. The number of nitrogens with zero attached hydrogens (tertiary/aromatic N) is 1. The van der Waals surface area contributed by atoms with Gasteiger partial charge in [-0.1, -0.05) is 18.6 Å². The maximum Gasteiger partial charge on any atom is 0.311 e. The second-order valence-electron chi connectivity index (χ2n) is 5.51. The van der Waals surface area contributed by atoms with Crippen LogP contribution in [-0.4, -0.2) is 29.7 Å². The lowest BCUT2D eigenvalue weighted by Gasteiger charge is -2.37. The number of fused-ring (bicyclic) bond motifs is 1. The molecular weight excluding hydrogens is 268 g/mol. The smallest absolute Gasteiger partial charge is 0.311 e. The first-order valence-corrected chi connectivity index (χ1v) is 7.05. The minimum atomic E-state index is -0.723. The molecule has 1 fully saturated rings. The van der Waals surface area contributed by atoms with Crippen LogP contribution in [0.25, 0.3) is 10.8 Å². The van der Waals surface area contributed by atoms with Crippen molar-refractivity contribution in [3.63, 3.8) is 0 Å². The van der Waals surface area contributed by atoms with Gasteiger partial charge in [-0.25, -0.2) is 4.98 Å². The van der Waals surface area contributed by atoms with Gasteiger partial charge in [0.2, 0.25) is 0 Å². The fourth-order valence-corrected chi connectivity index (χ4v) is 2.82. The number of carbonyl (C=O) groups is 1. The van der Waals surface area contributed by atoms with Crippen LogP contribution in [0.4, 0.5) is 5.82 Å². The highest BCUT2D eigenvalue weighted by Crippen LogP contribution is 2.41. The van der Waals surface area contributed by atoms with Gasteiger partial charge in [0, 0.05) is 23.5 Å². The van der Waals surface area contributed by atoms with E-state index in [4.69, 9.17) is 4.74 Å². The molecule has 21 heavy (non-hydrogen) atoms. The molecule has 0 amide bonds. The summed E-state index contributed by atoms with van der Waals surface area (Å²) in [6.07, 6.45) is 4.14. The number of anilines is 1. The number of rotatable bonds is 5. The van der Waals surface area contributed by atoms with Crippen LogP contribution >= 0.6 is 0 Å². The van der Waals surface area contributed by atoms with Gasteiger partial charge in [-0.3, -0.25) is 4.79 Å². The van der Waals surface area contributed by atoms with Crippen molar-refractivity contribution in [2.75, 3.05) is 19.0 Å². The molecule has 0 atom stereocenters. The third kappa shape index (κ3) is 2.28. The Morgan fingerprint density at radius 1 is 1.38 bits per heavy atom. The Bertz CT molecular complexity index is 680. The Morgan fingerprint density at radius 2 is 2.19 bits per heavy atom. The van der Waals surface area contributed by atoms with Gasteiger partial charge in [-0.05, 0) is 25.0 Å². The van der Waals surface area contributed by atoms with Gasteiger partial charge in [0.1, 0.15) is 11.6 Å². The fourth-order valence-electron chi connectivity index (χ4n) is 2.82. The van der Waals surface area contributed by atoms with Gasteiger partial charge in [0.15, 0.2) is 0 Å². The standard InChI is InChI=1S/C16H18N2O3/c1-21-13-5-2-4-12-11(13)6-9-17-14(12)18-10-16(15(19)20)7-3-8-16/h2,4-6,9H,3,7-8,10H2,1H3,(H,17,18)(H,19,20). The lowest BCUT2D eigenvalue weighted by Crippen LogP contribution is -2.43. The Hall–Kier alpha value is -2.30. The number of nitrogens with one attached hydrogen (secondary N) is 1. The summed E-state index contributed by atoms with van der Waals surface area (Å²) >= 11 is 0. The van der Waals surface area contributed by atoms with Gasteiger partial charge in [0.25, 0.3) is 0 Å². The van der Waals surface area contributed by atoms with Gasteiger partial charge >= 0.3 is 5.97 Å². The van der Waals surface area contributed by atoms with E-state index in [-0.39, 0.29) is 0 Å². The summed E-state index contributed by atoms with van der Waals surface area (Å²) in [5.74, 6) is 0.771. The van der Waals surface area contributed by atoms with Crippen LogP contribution in [0.1, 0.15) is 19.3 Å². The summed E-state index contributed by atoms with van der Waals surface area (Å²) in [6.45, 7) is 0.408. The topological polar surface area (TPSA) is 71.5 Å². The minimum Gasteiger partial charge on any atom is -0.496 e. The molecular formula is C16H18N2O3. The van der Waals surface area contributed by atoms with Crippen molar-refractivity contribution >= 4 is 22.6 Å². The highest BCUT2D eigenvalue weighted by molar-refractivity contribution is 5.96. The Morgan fingerprint density at radius 3 is 2.81 bits per heavy atom. The van der Waals surface area contributed by atoms with E-state index in [1.165, 1.54) is 0 Å². The summed E-state index contributed by atoms with van der Waals surface area (Å²) in [5.41, 5.74) is -0.636. The number of hydrogen-bond acceptors (Lipinski definition) is 4. The molecule has 0 bridgehead atoms. The van der Waals surface area contributed by atoms with E-state index >= 15 is 0 Å². The molecule has 3 rings (SSSR count). The largest absolute Gasteiger partial charge is 0.496 e. The molecule has 2 aromatic rings. The predicted molar refractivity (Wildman–Crippen MR) is 80.7 cm³/mol. The third-order valence-electron chi connectivity index (χ3n) is 4.34. The number of aromatic nitrogens is 1. The lowest BCUT2D eigenvalue weighted by atomic mass is 9.69. The summed E-state index contributed by atoms with van der Waals surface area (Å²) in [4.78, 5) is 15.8. The maximum atomic E-state index is 11.4. The molecule has 1 aliphatic carbocycles. The first-order valence-electron chi connectivity index (χ1n) is 7.05. The zero-order valence-corrected chi connectivity index (χ0v) is 11.9. The summed E-state index contributed by atoms with van der Waals surface area (Å²) < 4.78 is 5.35. The molecule has 5 heteroatoms. The van der Waals surface area contributed by atoms with E-state index in [1.54, 1.807) is 13.3 Å². The van der Waals surface area contributed by atoms with E-state index in [9.17, 15) is 9.90 Å². The molecule has 0 spiro atoms. The molecule has 110 valence electrons. The van der Waals surface area contributed by atoms with Crippen LogP contribution in [0.5, 0.6) is 5.75 Å². The number of aliphatic carboxylic acids is 1. The number of ether oxygens (including phenoxy) is 1. The van der Waals surface area contributed by atoms with Crippen molar-refractivity contribution < 1.29 is 14.6 Å². The van der Waals surface area contributed by atoms with Gasteiger partial charge in [0.05, 0.1) is 12.5 Å². The lowest BCUT2D eigenvalue weighted by molar-refractivity contribution is -0.153. The van der Waals surface area contributed by atoms with Crippen LogP contribution in [0, 0.1) is 5.41 Å². The number of carboxylic acid groups (broad SMARTS) is 1. The van der Waals surface area contributed by atoms with E-state index in [2.05, 4.69) is 10.3 Å². The van der Waals surface area contributed by atoms with E-state index < -0.39 is 11.4 Å². The van der Waals surface area contributed by atoms with Crippen LogP contribution < -0.4 is 10.1 Å². The normalized spacial score (nSPS) is 16.2. The minimum absolute atomic E-state index is 0.408. The Balaban J connectivity index is 1.89. The summed E-state index contributed by atoms with van der Waals surface area (Å²) in [7, 11) is 1.64. The summed E-state index contributed by atoms with van der Waals surface area (Å²) in [5, 5.41) is 14.5. The van der Waals surface area contributed by atoms with Gasteiger partial charge in [-0.15, -0.1) is 0 Å². The van der Waals surface area contributed by atoms with Crippen LogP contribution in [-0.2, 0) is 4.79 Å². The fraction of sp³-hybridized carbons (Fsp3) is 0.375. The molecule has 0 radical (unpaired) electrons. The first-order chi connectivity index (χ1) is 10.2. The third-order valence-corrected chi connectivity index (χ3v) is 4.34. The highest BCUT2D eigenvalue weighted by Gasteiger charge is 2.44. The van der Waals surface area contributed by atoms with E-state index in [0.29, 0.717) is 12.4 Å². The highest BCUT2D eigenvalue weighted by atomic mass is 16.5. The predicted octanol–water partition coefficient (Wildman–Crippen LogP) is 2.91. The van der Waals surface area contributed by atoms with E-state index in [0.717, 1.165) is 35.8 Å². The molecule has 1 heterocycles. The second-order valence-corrected chi connectivity index (χ2v) is 5.51. The van der Waals surface area contributed by atoms with Crippen molar-refractivity contribution in [2.45, 2.75) is 19.3 Å². The number of methoxy groups -OCH3 is 1. The maximum absolute atomic E-state index is 11.4. The second kappa shape index (κ2) is 5.24. The van der Waals surface area contributed by atoms with Crippen molar-refractivity contribution in [3.05, 3.63) is 30.5 Å². The Labute approximate surface area is 123 Å².